The molecule has 3 aromatic rings. The summed E-state index contributed by atoms with van der Waals surface area (Å²) in [5.41, 5.74) is 5.16. The van der Waals surface area contributed by atoms with Crippen LogP contribution in [0, 0.1) is 10.1 Å². The number of anilines is 1. The van der Waals surface area contributed by atoms with Gasteiger partial charge in [0.2, 0.25) is 5.95 Å². The van der Waals surface area contributed by atoms with Gasteiger partial charge in [0.05, 0.1) is 29.3 Å². The minimum atomic E-state index is -0.491. The first-order valence-corrected chi connectivity index (χ1v) is 7.13. The standard InChI is InChI=1S/C16H15N5O3/c1-20-13-6-4-3-5-12(13)18-16(20)19-17-10-11-7-8-15(24-2)14(9-11)21(22)23/h3-10H,1-2H3,(H,18,19)/b17-10-. The number of aromatic nitrogens is 2. The number of nitro benzene ring substituents is 1. The van der Waals surface area contributed by atoms with Crippen molar-refractivity contribution in [1.82, 2.24) is 9.55 Å². The predicted molar refractivity (Wildman–Crippen MR) is 91.6 cm³/mol. The second-order valence-electron chi connectivity index (χ2n) is 5.04. The van der Waals surface area contributed by atoms with Gasteiger partial charge in [-0.05, 0) is 24.3 Å². The fourth-order valence-electron chi connectivity index (χ4n) is 2.34. The van der Waals surface area contributed by atoms with E-state index in [0.717, 1.165) is 11.0 Å². The maximum atomic E-state index is 11.0. The molecule has 1 heterocycles. The van der Waals surface area contributed by atoms with Gasteiger partial charge in [0.1, 0.15) is 0 Å². The molecular weight excluding hydrogens is 310 g/mol. The van der Waals surface area contributed by atoms with Crippen molar-refractivity contribution in [2.75, 3.05) is 12.5 Å². The van der Waals surface area contributed by atoms with Crippen molar-refractivity contribution in [2.24, 2.45) is 12.1 Å². The summed E-state index contributed by atoms with van der Waals surface area (Å²) >= 11 is 0. The minimum absolute atomic E-state index is 0.107. The minimum Gasteiger partial charge on any atom is -0.490 e. The Bertz CT molecular complexity index is 933. The molecule has 8 heteroatoms. The fraction of sp³-hybridized carbons (Fsp3) is 0.125. The lowest BCUT2D eigenvalue weighted by molar-refractivity contribution is -0.385. The first-order valence-electron chi connectivity index (χ1n) is 7.13. The van der Waals surface area contributed by atoms with E-state index in [2.05, 4.69) is 15.5 Å². The Morgan fingerprint density at radius 3 is 2.83 bits per heavy atom. The van der Waals surface area contributed by atoms with Crippen LogP contribution in [0.5, 0.6) is 5.75 Å². The summed E-state index contributed by atoms with van der Waals surface area (Å²) < 4.78 is 6.85. The van der Waals surface area contributed by atoms with Crippen molar-refractivity contribution in [3.8, 4) is 5.75 Å². The van der Waals surface area contributed by atoms with Crippen LogP contribution in [-0.2, 0) is 7.05 Å². The van der Waals surface area contributed by atoms with Gasteiger partial charge in [0, 0.05) is 18.7 Å². The van der Waals surface area contributed by atoms with E-state index in [-0.39, 0.29) is 11.4 Å². The van der Waals surface area contributed by atoms with E-state index in [0.29, 0.717) is 11.5 Å². The molecule has 0 saturated heterocycles. The Labute approximate surface area is 137 Å². The highest BCUT2D eigenvalue weighted by atomic mass is 16.6. The molecule has 0 radical (unpaired) electrons. The van der Waals surface area contributed by atoms with Crippen LogP contribution in [0.2, 0.25) is 0 Å². The van der Waals surface area contributed by atoms with E-state index in [1.807, 2.05) is 35.9 Å². The van der Waals surface area contributed by atoms with Crippen molar-refractivity contribution in [2.45, 2.75) is 0 Å². The molecule has 0 spiro atoms. The third kappa shape index (κ3) is 2.89. The maximum Gasteiger partial charge on any atom is 0.311 e. The molecule has 1 N–H and O–H groups in total. The molecule has 2 aromatic carbocycles. The van der Waals surface area contributed by atoms with Gasteiger partial charge in [0.15, 0.2) is 5.75 Å². The van der Waals surface area contributed by atoms with Crippen LogP contribution in [0.25, 0.3) is 11.0 Å². The first-order chi connectivity index (χ1) is 11.6. The van der Waals surface area contributed by atoms with Crippen LogP contribution in [-0.4, -0.2) is 27.8 Å². The summed E-state index contributed by atoms with van der Waals surface area (Å²) in [5.74, 6) is 0.788. The molecule has 1 aromatic heterocycles. The number of nitrogens with zero attached hydrogens (tertiary/aromatic N) is 4. The number of nitrogens with one attached hydrogen (secondary N) is 1. The number of nitro groups is 1. The first kappa shape index (κ1) is 15.5. The van der Waals surface area contributed by atoms with Crippen LogP contribution in [0.15, 0.2) is 47.6 Å². The van der Waals surface area contributed by atoms with Gasteiger partial charge in [-0.1, -0.05) is 12.1 Å². The van der Waals surface area contributed by atoms with Gasteiger partial charge < -0.3 is 9.30 Å². The van der Waals surface area contributed by atoms with E-state index in [9.17, 15) is 10.1 Å². The van der Waals surface area contributed by atoms with Gasteiger partial charge in [-0.15, -0.1) is 0 Å². The number of fused-ring (bicyclic) bond motifs is 1. The topological polar surface area (TPSA) is 94.6 Å². The molecule has 0 aliphatic rings. The quantitative estimate of drug-likeness (QED) is 0.442. The Balaban J connectivity index is 1.82. The lowest BCUT2D eigenvalue weighted by Gasteiger charge is -2.02. The zero-order valence-corrected chi connectivity index (χ0v) is 13.1. The number of ether oxygens (including phenoxy) is 1. The second kappa shape index (κ2) is 6.37. The molecule has 0 fully saturated rings. The number of para-hydroxylation sites is 2. The van der Waals surface area contributed by atoms with Gasteiger partial charge in [-0.2, -0.15) is 5.10 Å². The largest absolute Gasteiger partial charge is 0.490 e. The second-order valence-corrected chi connectivity index (χ2v) is 5.04. The maximum absolute atomic E-state index is 11.0. The Morgan fingerprint density at radius 1 is 1.33 bits per heavy atom. The van der Waals surface area contributed by atoms with Crippen molar-refractivity contribution < 1.29 is 9.66 Å². The molecule has 0 amide bonds. The lowest BCUT2D eigenvalue weighted by Crippen LogP contribution is -1.99. The van der Waals surface area contributed by atoms with E-state index in [1.54, 1.807) is 6.07 Å². The monoisotopic (exact) mass is 325 g/mol. The Hall–Kier alpha value is -3.42. The van der Waals surface area contributed by atoms with Crippen LogP contribution in [0.3, 0.4) is 0 Å². The van der Waals surface area contributed by atoms with Gasteiger partial charge in [-0.3, -0.25) is 10.1 Å². The lowest BCUT2D eigenvalue weighted by atomic mass is 10.2. The number of rotatable bonds is 5. The van der Waals surface area contributed by atoms with E-state index < -0.39 is 4.92 Å². The number of hydrazone groups is 1. The van der Waals surface area contributed by atoms with Crippen LogP contribution in [0.4, 0.5) is 11.6 Å². The normalized spacial score (nSPS) is 11.1. The van der Waals surface area contributed by atoms with Crippen LogP contribution >= 0.6 is 0 Å². The molecule has 122 valence electrons. The summed E-state index contributed by atoms with van der Waals surface area (Å²) in [6.45, 7) is 0. The number of hydrogen-bond acceptors (Lipinski definition) is 6. The highest BCUT2D eigenvalue weighted by molar-refractivity contribution is 5.82. The summed E-state index contributed by atoms with van der Waals surface area (Å²) in [6, 6.07) is 12.4. The molecule has 0 saturated carbocycles. The number of imidazole rings is 1. The number of hydrogen-bond donors (Lipinski definition) is 1. The van der Waals surface area contributed by atoms with Crippen LogP contribution in [0.1, 0.15) is 5.56 Å². The van der Waals surface area contributed by atoms with Gasteiger partial charge >= 0.3 is 5.69 Å². The third-order valence-electron chi connectivity index (χ3n) is 3.56. The van der Waals surface area contributed by atoms with Crippen molar-refractivity contribution in [3.63, 3.8) is 0 Å². The van der Waals surface area contributed by atoms with Gasteiger partial charge in [-0.25, -0.2) is 10.4 Å². The summed E-state index contributed by atoms with van der Waals surface area (Å²) in [5, 5.41) is 15.1. The zero-order valence-electron chi connectivity index (χ0n) is 13.1. The Kier molecular flexibility index (Phi) is 4.11. The highest BCUT2D eigenvalue weighted by Gasteiger charge is 2.14. The molecule has 0 aliphatic carbocycles. The molecule has 0 aliphatic heterocycles. The molecular formula is C16H15N5O3. The van der Waals surface area contributed by atoms with Gasteiger partial charge in [0.25, 0.3) is 0 Å². The summed E-state index contributed by atoms with van der Waals surface area (Å²) in [6.07, 6.45) is 1.49. The van der Waals surface area contributed by atoms with E-state index in [1.165, 1.54) is 25.5 Å². The van der Waals surface area contributed by atoms with Crippen molar-refractivity contribution in [1.29, 1.82) is 0 Å². The molecule has 3 rings (SSSR count). The number of methoxy groups -OCH3 is 1. The van der Waals surface area contributed by atoms with E-state index in [4.69, 9.17) is 4.74 Å². The summed E-state index contributed by atoms with van der Waals surface area (Å²) in [7, 11) is 3.27. The summed E-state index contributed by atoms with van der Waals surface area (Å²) in [4.78, 5) is 15.0. The molecule has 24 heavy (non-hydrogen) atoms. The highest BCUT2D eigenvalue weighted by Crippen LogP contribution is 2.26. The average Bonchev–Trinajstić information content (AvgIpc) is 2.91. The third-order valence-corrected chi connectivity index (χ3v) is 3.56. The van der Waals surface area contributed by atoms with Crippen LogP contribution < -0.4 is 10.2 Å². The van der Waals surface area contributed by atoms with Crippen molar-refractivity contribution in [3.05, 3.63) is 58.1 Å². The average molecular weight is 325 g/mol. The predicted octanol–water partition coefficient (Wildman–Crippen LogP) is 2.94. The molecule has 0 unspecified atom stereocenters. The molecule has 0 atom stereocenters. The number of benzene rings is 2. The Morgan fingerprint density at radius 2 is 2.12 bits per heavy atom. The fourth-order valence-corrected chi connectivity index (χ4v) is 2.34. The van der Waals surface area contributed by atoms with Crippen molar-refractivity contribution >= 4 is 28.9 Å². The smallest absolute Gasteiger partial charge is 0.311 e. The number of aryl methyl sites for hydroxylation is 1. The molecule has 8 nitrogen and oxygen atoms in total. The molecule has 0 bridgehead atoms. The SMILES string of the molecule is COc1ccc(/C=N\Nc2nc3ccccc3n2C)cc1[N+](=O)[O-]. The zero-order chi connectivity index (χ0) is 17.1. The van der Waals surface area contributed by atoms with E-state index >= 15 is 0 Å².